The normalized spacial score (nSPS) is 19.2. The summed E-state index contributed by atoms with van der Waals surface area (Å²) in [5, 5.41) is 3.33. The summed E-state index contributed by atoms with van der Waals surface area (Å²) in [5.41, 5.74) is 1.11. The second-order valence-electron chi connectivity index (χ2n) is 9.12. The molecule has 1 atom stereocenters. The number of aromatic nitrogens is 2. The van der Waals surface area contributed by atoms with Crippen LogP contribution in [0, 0.1) is 0 Å². The van der Waals surface area contributed by atoms with Gasteiger partial charge in [0.05, 0.1) is 10.9 Å². The van der Waals surface area contributed by atoms with Crippen molar-refractivity contribution in [3.8, 4) is 0 Å². The van der Waals surface area contributed by atoms with Crippen LogP contribution in [0.1, 0.15) is 44.6 Å². The molecule has 2 aromatic carbocycles. The average Bonchev–Trinajstić information content (AvgIpc) is 2.95. The Kier molecular flexibility index (Phi) is 4.92. The number of rotatable bonds is 4. The first-order chi connectivity index (χ1) is 14.6. The fourth-order valence-electron chi connectivity index (χ4n) is 3.87. The standard InChI is InChI=1S/C24H26N4O3/c1-23(2,3)15-9-11-16(12-10-15)24(4)21(30)28(22(31)27-24)14-13-19-25-18-8-6-5-7-17(18)20(29)26-19/h5-12H,13-14H2,1-4H3,(H,27,31)(H,25,26,29). The van der Waals surface area contributed by atoms with E-state index in [9.17, 15) is 14.4 Å². The summed E-state index contributed by atoms with van der Waals surface area (Å²) in [6.45, 7) is 8.22. The molecule has 1 unspecified atom stereocenters. The van der Waals surface area contributed by atoms with Crippen LogP contribution in [-0.4, -0.2) is 33.4 Å². The van der Waals surface area contributed by atoms with Gasteiger partial charge in [-0.2, -0.15) is 0 Å². The second-order valence-corrected chi connectivity index (χ2v) is 9.12. The third kappa shape index (κ3) is 3.71. The predicted molar refractivity (Wildman–Crippen MR) is 119 cm³/mol. The Morgan fingerprint density at radius 3 is 2.35 bits per heavy atom. The Morgan fingerprint density at radius 2 is 1.68 bits per heavy atom. The Hall–Kier alpha value is -3.48. The number of hydrogen-bond acceptors (Lipinski definition) is 4. The van der Waals surface area contributed by atoms with Crippen molar-refractivity contribution >= 4 is 22.8 Å². The van der Waals surface area contributed by atoms with Crippen molar-refractivity contribution in [3.63, 3.8) is 0 Å². The first kappa shape index (κ1) is 20.8. The van der Waals surface area contributed by atoms with Gasteiger partial charge in [0.25, 0.3) is 11.5 Å². The van der Waals surface area contributed by atoms with Gasteiger partial charge >= 0.3 is 6.03 Å². The number of H-pyrrole nitrogens is 1. The number of aromatic amines is 1. The molecule has 2 heterocycles. The minimum Gasteiger partial charge on any atom is -0.319 e. The molecular weight excluding hydrogens is 392 g/mol. The van der Waals surface area contributed by atoms with Gasteiger partial charge in [-0.25, -0.2) is 9.78 Å². The molecule has 1 aliphatic rings. The van der Waals surface area contributed by atoms with Gasteiger partial charge in [0.2, 0.25) is 0 Å². The highest BCUT2D eigenvalue weighted by molar-refractivity contribution is 6.07. The summed E-state index contributed by atoms with van der Waals surface area (Å²) in [4.78, 5) is 46.4. The Labute approximate surface area is 180 Å². The first-order valence-electron chi connectivity index (χ1n) is 10.3. The van der Waals surface area contributed by atoms with E-state index in [-0.39, 0.29) is 29.8 Å². The number of para-hydroxylation sites is 1. The maximum atomic E-state index is 13.2. The van der Waals surface area contributed by atoms with Crippen LogP contribution in [-0.2, 0) is 22.2 Å². The van der Waals surface area contributed by atoms with Crippen molar-refractivity contribution in [1.29, 1.82) is 0 Å². The zero-order chi connectivity index (χ0) is 22.4. The van der Waals surface area contributed by atoms with Crippen LogP contribution >= 0.6 is 0 Å². The number of urea groups is 1. The van der Waals surface area contributed by atoms with Gasteiger partial charge in [-0.05, 0) is 35.6 Å². The number of carbonyl (C=O) groups is 2. The lowest BCUT2D eigenvalue weighted by Crippen LogP contribution is -2.41. The fourth-order valence-corrected chi connectivity index (χ4v) is 3.87. The number of amides is 3. The third-order valence-corrected chi connectivity index (χ3v) is 5.84. The van der Waals surface area contributed by atoms with E-state index in [1.54, 1.807) is 25.1 Å². The summed E-state index contributed by atoms with van der Waals surface area (Å²) >= 11 is 0. The van der Waals surface area contributed by atoms with Crippen LogP contribution in [0.15, 0.2) is 53.3 Å². The molecule has 0 saturated carbocycles. The second kappa shape index (κ2) is 7.34. The van der Waals surface area contributed by atoms with Gasteiger partial charge < -0.3 is 10.3 Å². The van der Waals surface area contributed by atoms with Gasteiger partial charge in [0.15, 0.2) is 0 Å². The number of nitrogens with one attached hydrogen (secondary N) is 2. The van der Waals surface area contributed by atoms with Crippen LogP contribution in [0.3, 0.4) is 0 Å². The minimum absolute atomic E-state index is 0.00181. The maximum Gasteiger partial charge on any atom is 0.325 e. The van der Waals surface area contributed by atoms with Crippen LogP contribution in [0.5, 0.6) is 0 Å². The highest BCUT2D eigenvalue weighted by Gasteiger charge is 2.48. The topological polar surface area (TPSA) is 95.2 Å². The molecule has 0 aliphatic carbocycles. The largest absolute Gasteiger partial charge is 0.325 e. The molecule has 7 nitrogen and oxygen atoms in total. The van der Waals surface area contributed by atoms with E-state index in [0.29, 0.717) is 16.7 Å². The number of fused-ring (bicyclic) bond motifs is 1. The van der Waals surface area contributed by atoms with Crippen LogP contribution < -0.4 is 10.9 Å². The number of hydrogen-bond donors (Lipinski definition) is 2. The number of nitrogens with zero attached hydrogens (tertiary/aromatic N) is 2. The first-order valence-corrected chi connectivity index (χ1v) is 10.3. The molecule has 3 aromatic rings. The molecule has 1 saturated heterocycles. The zero-order valence-corrected chi connectivity index (χ0v) is 18.2. The van der Waals surface area contributed by atoms with Gasteiger partial charge in [0, 0.05) is 13.0 Å². The molecule has 4 rings (SSSR count). The molecule has 0 radical (unpaired) electrons. The summed E-state index contributed by atoms with van der Waals surface area (Å²) in [7, 11) is 0. The van der Waals surface area contributed by atoms with E-state index in [4.69, 9.17) is 0 Å². The molecule has 1 fully saturated rings. The fraction of sp³-hybridized carbons (Fsp3) is 0.333. The molecule has 1 aromatic heterocycles. The third-order valence-electron chi connectivity index (χ3n) is 5.84. The van der Waals surface area contributed by atoms with Gasteiger partial charge in [0.1, 0.15) is 11.4 Å². The highest BCUT2D eigenvalue weighted by atomic mass is 16.2. The van der Waals surface area contributed by atoms with Crippen LogP contribution in [0.2, 0.25) is 0 Å². The molecule has 3 amide bonds. The minimum atomic E-state index is -1.13. The van der Waals surface area contributed by atoms with Crippen molar-refractivity contribution < 1.29 is 9.59 Å². The van der Waals surface area contributed by atoms with E-state index >= 15 is 0 Å². The molecule has 7 heteroatoms. The number of carbonyl (C=O) groups excluding carboxylic acids is 2. The van der Waals surface area contributed by atoms with Gasteiger partial charge in [-0.1, -0.05) is 57.2 Å². The summed E-state index contributed by atoms with van der Waals surface area (Å²) in [6.07, 6.45) is 0.262. The van der Waals surface area contributed by atoms with Crippen molar-refractivity contribution in [3.05, 3.63) is 75.8 Å². The molecule has 0 bridgehead atoms. The van der Waals surface area contributed by atoms with E-state index in [1.165, 1.54) is 4.90 Å². The van der Waals surface area contributed by atoms with Crippen LogP contribution in [0.4, 0.5) is 4.79 Å². The van der Waals surface area contributed by atoms with E-state index in [0.717, 1.165) is 11.1 Å². The average molecular weight is 418 g/mol. The summed E-state index contributed by atoms with van der Waals surface area (Å²) < 4.78 is 0. The van der Waals surface area contributed by atoms with E-state index in [1.807, 2.05) is 30.3 Å². The van der Waals surface area contributed by atoms with Gasteiger partial charge in [-0.15, -0.1) is 0 Å². The van der Waals surface area contributed by atoms with Crippen molar-refractivity contribution in [2.45, 2.75) is 45.1 Å². The predicted octanol–water partition coefficient (Wildman–Crippen LogP) is 3.23. The van der Waals surface area contributed by atoms with Crippen molar-refractivity contribution in [2.24, 2.45) is 0 Å². The van der Waals surface area contributed by atoms with Crippen LogP contribution in [0.25, 0.3) is 10.9 Å². The monoisotopic (exact) mass is 418 g/mol. The smallest absolute Gasteiger partial charge is 0.319 e. The summed E-state index contributed by atoms with van der Waals surface area (Å²) in [6, 6.07) is 14.4. The van der Waals surface area contributed by atoms with E-state index < -0.39 is 11.6 Å². The van der Waals surface area contributed by atoms with Crippen molar-refractivity contribution in [2.75, 3.05) is 6.54 Å². The number of imide groups is 1. The Bertz CT molecular complexity index is 1220. The highest BCUT2D eigenvalue weighted by Crippen LogP contribution is 2.31. The SMILES string of the molecule is CC(C)(C)c1ccc(C2(C)NC(=O)N(CCc3nc4ccccc4c(=O)[nH]3)C2=O)cc1. The lowest BCUT2D eigenvalue weighted by Gasteiger charge is -2.24. The lowest BCUT2D eigenvalue weighted by atomic mass is 9.84. The van der Waals surface area contributed by atoms with E-state index in [2.05, 4.69) is 36.1 Å². The quantitative estimate of drug-likeness (QED) is 0.636. The molecule has 2 N–H and O–H groups in total. The molecule has 31 heavy (non-hydrogen) atoms. The zero-order valence-electron chi connectivity index (χ0n) is 18.2. The Balaban J connectivity index is 1.54. The molecular formula is C24H26N4O3. The van der Waals surface area contributed by atoms with Gasteiger partial charge in [-0.3, -0.25) is 14.5 Å². The number of benzene rings is 2. The molecule has 0 spiro atoms. The van der Waals surface area contributed by atoms with Crippen molar-refractivity contribution in [1.82, 2.24) is 20.2 Å². The Morgan fingerprint density at radius 1 is 1.00 bits per heavy atom. The summed E-state index contributed by atoms with van der Waals surface area (Å²) in [5.74, 6) is 0.122. The molecule has 1 aliphatic heterocycles. The lowest BCUT2D eigenvalue weighted by molar-refractivity contribution is -0.131. The molecule has 160 valence electrons. The maximum absolute atomic E-state index is 13.2.